The molecular weight excluding hydrogens is 372 g/mol. The third-order valence-electron chi connectivity index (χ3n) is 3.64. The van der Waals surface area contributed by atoms with Gasteiger partial charge in [0.2, 0.25) is 5.91 Å². The second-order valence-corrected chi connectivity index (χ2v) is 9.06. The molecule has 1 N–H and O–H groups in total. The number of halogens is 1. The zero-order chi connectivity index (χ0) is 17.5. The summed E-state index contributed by atoms with van der Waals surface area (Å²) in [4.78, 5) is 16.5. The van der Waals surface area contributed by atoms with Crippen LogP contribution in [0.5, 0.6) is 5.75 Å². The monoisotopic (exact) mass is 386 g/mol. The van der Waals surface area contributed by atoms with Crippen molar-refractivity contribution in [2.45, 2.75) is 24.5 Å². The van der Waals surface area contributed by atoms with Crippen molar-refractivity contribution in [3.05, 3.63) is 39.5 Å². The number of sulfonamides is 1. The van der Waals surface area contributed by atoms with Gasteiger partial charge in [-0.3, -0.25) is 4.79 Å². The standard InChI is InChI=1S/C15H15ClN2O4S2/c1-8-15(23-9(2)17-8)24(20,21)18-14(19)11-5-10-6-12(16)3-4-13(10)22-7-11/h3-4,6,11H,5,7H2,1-2H3,(H,18,19)/t11-/m0/s1. The minimum atomic E-state index is -3.93. The molecule has 0 saturated heterocycles. The van der Waals surface area contributed by atoms with Crippen LogP contribution < -0.4 is 9.46 Å². The maximum Gasteiger partial charge on any atom is 0.275 e. The predicted molar refractivity (Wildman–Crippen MR) is 91.1 cm³/mol. The second kappa shape index (κ2) is 6.34. The summed E-state index contributed by atoms with van der Waals surface area (Å²) in [6.07, 6.45) is 0.373. The fraction of sp³-hybridized carbons (Fsp3) is 0.333. The van der Waals surface area contributed by atoms with Crippen molar-refractivity contribution in [2.24, 2.45) is 5.92 Å². The van der Waals surface area contributed by atoms with Crippen LogP contribution in [0, 0.1) is 19.8 Å². The van der Waals surface area contributed by atoms with Gasteiger partial charge in [0, 0.05) is 5.02 Å². The van der Waals surface area contributed by atoms with Gasteiger partial charge in [-0.1, -0.05) is 11.6 Å². The molecule has 0 fully saturated rings. The van der Waals surface area contributed by atoms with Crippen LogP contribution in [0.25, 0.3) is 0 Å². The van der Waals surface area contributed by atoms with Gasteiger partial charge in [-0.15, -0.1) is 11.3 Å². The van der Waals surface area contributed by atoms with Gasteiger partial charge in [0.25, 0.3) is 10.0 Å². The normalized spacial score (nSPS) is 17.0. The van der Waals surface area contributed by atoms with Gasteiger partial charge in [0.1, 0.15) is 12.4 Å². The first-order valence-electron chi connectivity index (χ1n) is 7.18. The number of nitrogens with one attached hydrogen (secondary N) is 1. The van der Waals surface area contributed by atoms with E-state index in [1.165, 1.54) is 0 Å². The lowest BCUT2D eigenvalue weighted by Crippen LogP contribution is -2.40. The van der Waals surface area contributed by atoms with E-state index in [4.69, 9.17) is 16.3 Å². The number of carbonyl (C=O) groups excluding carboxylic acids is 1. The molecule has 2 aromatic rings. The Morgan fingerprint density at radius 1 is 1.42 bits per heavy atom. The van der Waals surface area contributed by atoms with Gasteiger partial charge in [-0.05, 0) is 44.0 Å². The minimum Gasteiger partial charge on any atom is -0.492 e. The van der Waals surface area contributed by atoms with Crippen LogP contribution in [0.15, 0.2) is 22.4 Å². The Hall–Kier alpha value is -1.64. The first kappa shape index (κ1) is 17.2. The van der Waals surface area contributed by atoms with E-state index in [0.29, 0.717) is 27.9 Å². The van der Waals surface area contributed by atoms with Crippen LogP contribution in [0.2, 0.25) is 5.02 Å². The Labute approximate surface area is 148 Å². The Kier molecular flexibility index (Phi) is 4.54. The van der Waals surface area contributed by atoms with E-state index in [1.807, 2.05) is 0 Å². The molecule has 128 valence electrons. The van der Waals surface area contributed by atoms with Crippen molar-refractivity contribution in [1.82, 2.24) is 9.71 Å². The zero-order valence-electron chi connectivity index (χ0n) is 13.0. The molecule has 1 amide bonds. The summed E-state index contributed by atoms with van der Waals surface area (Å²) >= 11 is 6.99. The van der Waals surface area contributed by atoms with Crippen LogP contribution in [0.1, 0.15) is 16.3 Å². The number of rotatable bonds is 3. The molecule has 0 spiro atoms. The van der Waals surface area contributed by atoms with Crippen molar-refractivity contribution in [3.63, 3.8) is 0 Å². The van der Waals surface area contributed by atoms with Gasteiger partial charge in [-0.2, -0.15) is 0 Å². The molecule has 24 heavy (non-hydrogen) atoms. The maximum absolute atomic E-state index is 12.4. The average molecular weight is 387 g/mol. The molecule has 1 aromatic carbocycles. The number of fused-ring (bicyclic) bond motifs is 1. The number of thiazole rings is 1. The van der Waals surface area contributed by atoms with Gasteiger partial charge in [0.05, 0.1) is 16.6 Å². The largest absolute Gasteiger partial charge is 0.492 e. The summed E-state index contributed by atoms with van der Waals surface area (Å²) in [5.41, 5.74) is 1.17. The van der Waals surface area contributed by atoms with E-state index in [-0.39, 0.29) is 10.8 Å². The third kappa shape index (κ3) is 3.40. The van der Waals surface area contributed by atoms with Crippen molar-refractivity contribution in [3.8, 4) is 5.75 Å². The third-order valence-corrected chi connectivity index (χ3v) is 6.90. The van der Waals surface area contributed by atoms with Crippen LogP contribution >= 0.6 is 22.9 Å². The van der Waals surface area contributed by atoms with Gasteiger partial charge in [0.15, 0.2) is 4.21 Å². The Balaban J connectivity index is 1.77. The average Bonchev–Trinajstić information content (AvgIpc) is 2.85. The smallest absolute Gasteiger partial charge is 0.275 e. The summed E-state index contributed by atoms with van der Waals surface area (Å²) in [6, 6.07) is 5.17. The fourth-order valence-corrected chi connectivity index (χ4v) is 5.28. The SMILES string of the molecule is Cc1nc(C)c(S(=O)(=O)NC(=O)[C@@H]2COc3ccc(Cl)cc3C2)s1. The predicted octanol–water partition coefficient (Wildman–Crippen LogP) is 2.47. The molecule has 1 atom stereocenters. The summed E-state index contributed by atoms with van der Waals surface area (Å²) in [5, 5.41) is 1.17. The maximum atomic E-state index is 12.4. The number of benzene rings is 1. The van der Waals surface area contributed by atoms with E-state index in [9.17, 15) is 13.2 Å². The second-order valence-electron chi connectivity index (χ2n) is 5.54. The highest BCUT2D eigenvalue weighted by Gasteiger charge is 2.31. The van der Waals surface area contributed by atoms with Crippen LogP contribution in [0.4, 0.5) is 0 Å². The Morgan fingerprint density at radius 2 is 2.17 bits per heavy atom. The quantitative estimate of drug-likeness (QED) is 0.875. The molecule has 1 aliphatic rings. The number of nitrogens with zero attached hydrogens (tertiary/aromatic N) is 1. The van der Waals surface area contributed by atoms with E-state index in [1.54, 1.807) is 32.0 Å². The number of carbonyl (C=O) groups is 1. The molecule has 3 rings (SSSR count). The zero-order valence-corrected chi connectivity index (χ0v) is 15.4. The summed E-state index contributed by atoms with van der Waals surface area (Å²) in [5.74, 6) is -0.522. The Bertz CT molecular complexity index is 908. The lowest BCUT2D eigenvalue weighted by Gasteiger charge is -2.24. The molecule has 0 radical (unpaired) electrons. The first-order valence-corrected chi connectivity index (χ1v) is 9.86. The van der Waals surface area contributed by atoms with Crippen LogP contribution in [0.3, 0.4) is 0 Å². The van der Waals surface area contributed by atoms with Crippen LogP contribution in [-0.2, 0) is 21.2 Å². The summed E-state index contributed by atoms with van der Waals surface area (Å²) < 4.78 is 32.5. The molecule has 0 aliphatic carbocycles. The van der Waals surface area contributed by atoms with Gasteiger partial charge >= 0.3 is 0 Å². The van der Waals surface area contributed by atoms with E-state index in [2.05, 4.69) is 9.71 Å². The lowest BCUT2D eigenvalue weighted by molar-refractivity contribution is -0.124. The summed E-state index contributed by atoms with van der Waals surface area (Å²) in [6.45, 7) is 3.44. The topological polar surface area (TPSA) is 85.4 Å². The van der Waals surface area contributed by atoms with E-state index < -0.39 is 21.8 Å². The number of aromatic nitrogens is 1. The van der Waals surface area contributed by atoms with Crippen LogP contribution in [-0.4, -0.2) is 25.9 Å². The van der Waals surface area contributed by atoms with E-state index in [0.717, 1.165) is 16.9 Å². The lowest BCUT2D eigenvalue weighted by atomic mass is 9.96. The number of ether oxygens (including phenoxy) is 1. The molecule has 1 aromatic heterocycles. The number of aryl methyl sites for hydroxylation is 2. The van der Waals surface area contributed by atoms with E-state index >= 15 is 0 Å². The number of hydrogen-bond donors (Lipinski definition) is 1. The minimum absolute atomic E-state index is 0.0634. The Morgan fingerprint density at radius 3 is 2.83 bits per heavy atom. The molecule has 0 bridgehead atoms. The molecule has 2 heterocycles. The number of amides is 1. The van der Waals surface area contributed by atoms with Crippen molar-refractivity contribution in [1.29, 1.82) is 0 Å². The van der Waals surface area contributed by atoms with Gasteiger partial charge in [-0.25, -0.2) is 18.1 Å². The van der Waals surface area contributed by atoms with Crippen molar-refractivity contribution < 1.29 is 17.9 Å². The van der Waals surface area contributed by atoms with Crippen molar-refractivity contribution in [2.75, 3.05) is 6.61 Å². The highest BCUT2D eigenvalue weighted by molar-refractivity contribution is 7.92. The van der Waals surface area contributed by atoms with Gasteiger partial charge < -0.3 is 4.74 Å². The molecule has 0 unspecified atom stereocenters. The highest BCUT2D eigenvalue weighted by Crippen LogP contribution is 2.30. The molecule has 9 heteroatoms. The molecule has 1 aliphatic heterocycles. The molecular formula is C15H15ClN2O4S2. The fourth-order valence-electron chi connectivity index (χ4n) is 2.56. The number of hydrogen-bond acceptors (Lipinski definition) is 6. The molecule has 0 saturated carbocycles. The summed E-state index contributed by atoms with van der Waals surface area (Å²) in [7, 11) is -3.93. The van der Waals surface area contributed by atoms with Crippen molar-refractivity contribution >= 4 is 38.9 Å². The first-order chi connectivity index (χ1) is 11.3. The highest BCUT2D eigenvalue weighted by atomic mass is 35.5. The molecule has 6 nitrogen and oxygen atoms in total.